The Morgan fingerprint density at radius 2 is 2.00 bits per heavy atom. The molecular formula is C20H18F4N6O2. The van der Waals surface area contributed by atoms with E-state index in [9.17, 15) is 17.6 Å². The summed E-state index contributed by atoms with van der Waals surface area (Å²) in [5.41, 5.74) is 6.74. The molecule has 32 heavy (non-hydrogen) atoms. The first-order valence-corrected chi connectivity index (χ1v) is 9.20. The third kappa shape index (κ3) is 5.88. The number of halogens is 4. The number of aliphatic hydroxyl groups excluding tert-OH is 1. The number of rotatable bonds is 9. The van der Waals surface area contributed by atoms with Gasteiger partial charge in [0.15, 0.2) is 17.5 Å². The van der Waals surface area contributed by atoms with Gasteiger partial charge in [-0.2, -0.15) is 0 Å². The Hall–Kier alpha value is -3.80. The molecule has 3 aromatic rings. The first kappa shape index (κ1) is 22.9. The van der Waals surface area contributed by atoms with E-state index < -0.39 is 36.5 Å². The van der Waals surface area contributed by atoms with Crippen LogP contribution in [-0.2, 0) is 6.54 Å². The summed E-state index contributed by atoms with van der Waals surface area (Å²) in [4.78, 5) is 11.9. The van der Waals surface area contributed by atoms with Crippen LogP contribution < -0.4 is 11.1 Å². The quantitative estimate of drug-likeness (QED) is 0.338. The van der Waals surface area contributed by atoms with E-state index >= 15 is 0 Å². The topological polar surface area (TPSA) is 122 Å². The molecule has 0 atom stereocenters. The van der Waals surface area contributed by atoms with Gasteiger partial charge in [0.1, 0.15) is 24.4 Å². The monoisotopic (exact) mass is 450 g/mol. The van der Waals surface area contributed by atoms with Crippen molar-refractivity contribution in [3.05, 3.63) is 77.6 Å². The fraction of sp³-hybridized carbons (Fsp3) is 0.200. The van der Waals surface area contributed by atoms with Crippen LogP contribution in [0.15, 0.2) is 58.4 Å². The number of aromatic nitrogens is 3. The van der Waals surface area contributed by atoms with Gasteiger partial charge in [0.2, 0.25) is 0 Å². The van der Waals surface area contributed by atoms with Gasteiger partial charge in [0.25, 0.3) is 5.92 Å². The third-order valence-corrected chi connectivity index (χ3v) is 4.12. The van der Waals surface area contributed by atoms with Crippen LogP contribution in [0, 0.1) is 11.6 Å². The number of allylic oxidation sites excluding steroid dienone is 1. The highest BCUT2D eigenvalue weighted by Gasteiger charge is 2.28. The Bertz CT molecular complexity index is 1120. The second-order valence-electron chi connectivity index (χ2n) is 6.54. The van der Waals surface area contributed by atoms with Crippen LogP contribution in [0.1, 0.15) is 17.1 Å². The molecule has 0 radical (unpaired) electrons. The van der Waals surface area contributed by atoms with Crippen molar-refractivity contribution >= 4 is 17.2 Å². The highest BCUT2D eigenvalue weighted by Crippen LogP contribution is 2.17. The highest BCUT2D eigenvalue weighted by atomic mass is 19.3. The van der Waals surface area contributed by atoms with Crippen LogP contribution in [0.25, 0.3) is 5.70 Å². The summed E-state index contributed by atoms with van der Waals surface area (Å²) in [6, 6.07) is 7.57. The van der Waals surface area contributed by atoms with Crippen molar-refractivity contribution in [3.63, 3.8) is 0 Å². The minimum Gasteiger partial charge on any atom is -0.396 e. The van der Waals surface area contributed by atoms with Crippen LogP contribution >= 0.6 is 0 Å². The number of anilines is 1. The zero-order valence-corrected chi connectivity index (χ0v) is 16.5. The Balaban J connectivity index is 1.89. The van der Waals surface area contributed by atoms with Gasteiger partial charge in [-0.05, 0) is 12.1 Å². The van der Waals surface area contributed by atoms with Crippen LogP contribution in [0.2, 0.25) is 0 Å². The summed E-state index contributed by atoms with van der Waals surface area (Å²) in [5, 5.41) is 14.5. The molecular weight excluding hydrogens is 432 g/mol. The van der Waals surface area contributed by atoms with Gasteiger partial charge in [-0.3, -0.25) is 4.99 Å². The lowest BCUT2D eigenvalue weighted by molar-refractivity contribution is -0.0373. The number of aliphatic hydroxyl groups is 1. The lowest BCUT2D eigenvalue weighted by Crippen LogP contribution is -2.31. The predicted octanol–water partition coefficient (Wildman–Crippen LogP) is 2.77. The molecule has 0 aliphatic rings. The molecule has 0 fully saturated rings. The summed E-state index contributed by atoms with van der Waals surface area (Å²) in [6.07, 6.45) is 3.38. The maximum atomic E-state index is 13.9. The van der Waals surface area contributed by atoms with Gasteiger partial charge >= 0.3 is 0 Å². The van der Waals surface area contributed by atoms with Gasteiger partial charge in [0, 0.05) is 11.6 Å². The van der Waals surface area contributed by atoms with Crippen molar-refractivity contribution in [1.29, 1.82) is 0 Å². The number of nitrogens with two attached hydrogens (primary N) is 1. The molecule has 0 bridgehead atoms. The zero-order chi connectivity index (χ0) is 23.1. The molecule has 1 aromatic carbocycles. The van der Waals surface area contributed by atoms with Crippen molar-refractivity contribution < 1.29 is 27.2 Å². The first-order chi connectivity index (χ1) is 15.3. The molecule has 12 heteroatoms. The van der Waals surface area contributed by atoms with Crippen molar-refractivity contribution in [3.8, 4) is 0 Å². The van der Waals surface area contributed by atoms with Crippen molar-refractivity contribution in [2.45, 2.75) is 12.5 Å². The van der Waals surface area contributed by atoms with Crippen molar-refractivity contribution in [2.75, 3.05) is 18.5 Å². The Morgan fingerprint density at radius 3 is 2.69 bits per heavy atom. The molecule has 0 saturated carbocycles. The first-order valence-electron chi connectivity index (χ1n) is 9.20. The second kappa shape index (κ2) is 10.0. The Labute approximate surface area is 179 Å². The summed E-state index contributed by atoms with van der Waals surface area (Å²) in [7, 11) is 0. The Kier molecular flexibility index (Phi) is 7.15. The lowest BCUT2D eigenvalue weighted by atomic mass is 10.2. The highest BCUT2D eigenvalue weighted by molar-refractivity contribution is 6.10. The predicted molar refractivity (Wildman–Crippen MR) is 108 cm³/mol. The molecule has 0 amide bonds. The van der Waals surface area contributed by atoms with Crippen LogP contribution in [0.3, 0.4) is 0 Å². The lowest BCUT2D eigenvalue weighted by Gasteiger charge is -2.15. The standard InChI is InChI=1S/C20H18F4N6O2/c21-13-4-2-1-3-12(13)8-26-17(16-5-6-32-30-16)7-15(25)19-27-9-14(22)18(29-19)28-10-20(23,24)11-31/h1-7,9,31H,8,10-11,25H2,(H,27,28,29). The number of alkyl halides is 2. The van der Waals surface area contributed by atoms with E-state index in [1.54, 1.807) is 18.2 Å². The summed E-state index contributed by atoms with van der Waals surface area (Å²) < 4.78 is 59.1. The molecule has 0 spiro atoms. The number of benzene rings is 1. The van der Waals surface area contributed by atoms with Gasteiger partial charge in [-0.1, -0.05) is 23.4 Å². The fourth-order valence-electron chi connectivity index (χ4n) is 2.45. The molecule has 0 aliphatic heterocycles. The molecule has 0 saturated heterocycles. The van der Waals surface area contributed by atoms with Gasteiger partial charge in [-0.25, -0.2) is 27.5 Å². The van der Waals surface area contributed by atoms with E-state index in [1.807, 2.05) is 0 Å². The number of nitrogens with one attached hydrogen (secondary N) is 1. The van der Waals surface area contributed by atoms with E-state index in [2.05, 4.69) is 25.4 Å². The summed E-state index contributed by atoms with van der Waals surface area (Å²) in [6.45, 7) is -2.50. The summed E-state index contributed by atoms with van der Waals surface area (Å²) in [5.74, 6) is -5.60. The minimum atomic E-state index is -3.47. The van der Waals surface area contributed by atoms with Gasteiger partial charge in [-0.15, -0.1) is 0 Å². The molecule has 168 valence electrons. The molecule has 0 aliphatic carbocycles. The molecule has 8 nitrogen and oxygen atoms in total. The average molecular weight is 450 g/mol. The van der Waals surface area contributed by atoms with E-state index in [1.165, 1.54) is 24.5 Å². The minimum absolute atomic E-state index is 0.0357. The molecule has 3 rings (SSSR count). The maximum absolute atomic E-state index is 13.9. The zero-order valence-electron chi connectivity index (χ0n) is 16.5. The number of hydrogen-bond acceptors (Lipinski definition) is 8. The Morgan fingerprint density at radius 1 is 1.22 bits per heavy atom. The van der Waals surface area contributed by atoms with E-state index in [0.717, 1.165) is 6.20 Å². The van der Waals surface area contributed by atoms with E-state index in [0.29, 0.717) is 5.56 Å². The van der Waals surface area contributed by atoms with Crippen LogP contribution in [-0.4, -0.2) is 45.0 Å². The molecule has 4 N–H and O–H groups in total. The molecule has 2 aromatic heterocycles. The van der Waals surface area contributed by atoms with E-state index in [-0.39, 0.29) is 29.5 Å². The number of hydrogen-bond donors (Lipinski definition) is 3. The number of nitrogens with zero attached hydrogens (tertiary/aromatic N) is 4. The summed E-state index contributed by atoms with van der Waals surface area (Å²) >= 11 is 0. The SMILES string of the molecule is NC(=CC(=NCc1ccccc1F)c1ccon1)c1ncc(F)c(NCC(F)(F)CO)n1. The average Bonchev–Trinajstić information content (AvgIpc) is 3.32. The van der Waals surface area contributed by atoms with Crippen LogP contribution in [0.4, 0.5) is 23.4 Å². The van der Waals surface area contributed by atoms with Crippen molar-refractivity contribution in [2.24, 2.45) is 10.7 Å². The normalized spacial score (nSPS) is 12.8. The molecule has 2 heterocycles. The second-order valence-corrected chi connectivity index (χ2v) is 6.54. The van der Waals surface area contributed by atoms with Crippen molar-refractivity contribution in [1.82, 2.24) is 15.1 Å². The third-order valence-electron chi connectivity index (χ3n) is 4.12. The van der Waals surface area contributed by atoms with Crippen LogP contribution in [0.5, 0.6) is 0 Å². The molecule has 0 unspecified atom stereocenters. The largest absolute Gasteiger partial charge is 0.396 e. The van der Waals surface area contributed by atoms with Gasteiger partial charge < -0.3 is 20.7 Å². The number of aliphatic imine (C=N–C) groups is 1. The van der Waals surface area contributed by atoms with E-state index in [4.69, 9.17) is 15.4 Å². The fourth-order valence-corrected chi connectivity index (χ4v) is 2.45. The smallest absolute Gasteiger partial charge is 0.287 e. The maximum Gasteiger partial charge on any atom is 0.287 e. The van der Waals surface area contributed by atoms with Gasteiger partial charge in [0.05, 0.1) is 30.7 Å².